The molecule has 2 unspecified atom stereocenters. The number of nitrogens with zero attached hydrogens (tertiary/aromatic N) is 3. The molecule has 24 heavy (non-hydrogen) atoms. The van der Waals surface area contributed by atoms with E-state index in [0.29, 0.717) is 39.1 Å². The van der Waals surface area contributed by atoms with E-state index in [0.717, 1.165) is 12.0 Å². The van der Waals surface area contributed by atoms with Gasteiger partial charge in [-0.15, -0.1) is 0 Å². The van der Waals surface area contributed by atoms with E-state index in [1.807, 2.05) is 30.3 Å². The van der Waals surface area contributed by atoms with Gasteiger partial charge in [-0.05, 0) is 12.0 Å². The summed E-state index contributed by atoms with van der Waals surface area (Å²) < 4.78 is 0. The molecule has 1 saturated heterocycles. The van der Waals surface area contributed by atoms with E-state index in [4.69, 9.17) is 0 Å². The van der Waals surface area contributed by atoms with E-state index >= 15 is 0 Å². The molecule has 0 bridgehead atoms. The summed E-state index contributed by atoms with van der Waals surface area (Å²) in [4.78, 5) is 40.9. The number of benzene rings is 1. The molecule has 6 heteroatoms. The van der Waals surface area contributed by atoms with Gasteiger partial charge in [0.15, 0.2) is 0 Å². The molecule has 1 heterocycles. The zero-order valence-electron chi connectivity index (χ0n) is 13.9. The van der Waals surface area contributed by atoms with Crippen molar-refractivity contribution in [1.82, 2.24) is 14.7 Å². The maximum atomic E-state index is 12.5. The molecule has 128 valence electrons. The smallest absolute Gasteiger partial charge is 0.226 e. The average Bonchev–Trinajstić information content (AvgIpc) is 3.42. The van der Waals surface area contributed by atoms with Crippen molar-refractivity contribution in [3.05, 3.63) is 35.9 Å². The van der Waals surface area contributed by atoms with Crippen LogP contribution in [0.5, 0.6) is 0 Å². The molecule has 0 aromatic heterocycles. The van der Waals surface area contributed by atoms with Crippen molar-refractivity contribution in [2.75, 3.05) is 33.2 Å². The number of amides is 3. The zero-order valence-corrected chi connectivity index (χ0v) is 13.9. The van der Waals surface area contributed by atoms with Gasteiger partial charge in [0.05, 0.1) is 11.8 Å². The fourth-order valence-corrected chi connectivity index (χ4v) is 3.24. The van der Waals surface area contributed by atoms with Gasteiger partial charge in [-0.1, -0.05) is 30.3 Å². The monoisotopic (exact) mass is 329 g/mol. The van der Waals surface area contributed by atoms with Crippen molar-refractivity contribution < 1.29 is 14.4 Å². The summed E-state index contributed by atoms with van der Waals surface area (Å²) in [5.41, 5.74) is 1.09. The minimum atomic E-state index is -0.185. The minimum absolute atomic E-state index is 0.0451. The van der Waals surface area contributed by atoms with Crippen molar-refractivity contribution >= 4 is 18.2 Å². The molecule has 2 fully saturated rings. The normalized spacial score (nSPS) is 22.9. The average molecular weight is 329 g/mol. The molecule has 1 aliphatic carbocycles. The first kappa shape index (κ1) is 16.5. The Balaban J connectivity index is 1.50. The first-order valence-corrected chi connectivity index (χ1v) is 8.37. The summed E-state index contributed by atoms with van der Waals surface area (Å²) in [5, 5.41) is 0. The highest BCUT2D eigenvalue weighted by Crippen LogP contribution is 2.41. The Labute approximate surface area is 142 Å². The first-order valence-electron chi connectivity index (χ1n) is 8.37. The van der Waals surface area contributed by atoms with Crippen LogP contribution in [0.3, 0.4) is 0 Å². The number of hydrogen-bond acceptors (Lipinski definition) is 3. The summed E-state index contributed by atoms with van der Waals surface area (Å²) in [7, 11) is 1.79. The Kier molecular flexibility index (Phi) is 4.83. The van der Waals surface area contributed by atoms with Crippen molar-refractivity contribution in [1.29, 1.82) is 0 Å². The fraction of sp³-hybridized carbons (Fsp3) is 0.500. The van der Waals surface area contributed by atoms with E-state index in [2.05, 4.69) is 0 Å². The van der Waals surface area contributed by atoms with Gasteiger partial charge in [-0.25, -0.2) is 0 Å². The molecule has 2 aliphatic rings. The van der Waals surface area contributed by atoms with E-state index < -0.39 is 0 Å². The summed E-state index contributed by atoms with van der Waals surface area (Å²) in [5.74, 6) is -0.260. The van der Waals surface area contributed by atoms with Crippen LogP contribution in [0.15, 0.2) is 30.3 Å². The molecule has 3 amide bonds. The second-order valence-electron chi connectivity index (χ2n) is 6.60. The molecule has 0 spiro atoms. The zero-order chi connectivity index (χ0) is 17.1. The molecular weight excluding hydrogens is 306 g/mol. The molecule has 0 radical (unpaired) electrons. The maximum absolute atomic E-state index is 12.5. The molecular formula is C18H23N3O3. The topological polar surface area (TPSA) is 60.9 Å². The van der Waals surface area contributed by atoms with Crippen molar-refractivity contribution in [3.8, 4) is 0 Å². The Morgan fingerprint density at radius 1 is 1.12 bits per heavy atom. The van der Waals surface area contributed by atoms with Crippen LogP contribution in [0.2, 0.25) is 0 Å². The summed E-state index contributed by atoms with van der Waals surface area (Å²) >= 11 is 0. The van der Waals surface area contributed by atoms with Crippen LogP contribution in [-0.4, -0.2) is 66.2 Å². The number of carbonyl (C=O) groups excluding carboxylic acids is 3. The predicted octanol–water partition coefficient (Wildman–Crippen LogP) is 0.582. The third-order valence-corrected chi connectivity index (χ3v) is 4.84. The maximum Gasteiger partial charge on any atom is 0.226 e. The van der Waals surface area contributed by atoms with Gasteiger partial charge >= 0.3 is 0 Å². The first-order chi connectivity index (χ1) is 11.6. The second-order valence-corrected chi connectivity index (χ2v) is 6.60. The van der Waals surface area contributed by atoms with Gasteiger partial charge in [-0.2, -0.15) is 0 Å². The highest BCUT2D eigenvalue weighted by Gasteiger charge is 2.50. The molecule has 6 nitrogen and oxygen atoms in total. The molecule has 1 saturated carbocycles. The number of hydrogen-bond donors (Lipinski definition) is 0. The van der Waals surface area contributed by atoms with E-state index in [1.165, 1.54) is 0 Å². The van der Waals surface area contributed by atoms with Gasteiger partial charge in [0.2, 0.25) is 18.2 Å². The third kappa shape index (κ3) is 3.58. The molecule has 3 rings (SSSR count). The van der Waals surface area contributed by atoms with Gasteiger partial charge in [0, 0.05) is 39.8 Å². The third-order valence-electron chi connectivity index (χ3n) is 4.84. The van der Waals surface area contributed by atoms with Gasteiger partial charge < -0.3 is 14.7 Å². The van der Waals surface area contributed by atoms with Crippen LogP contribution in [0, 0.1) is 11.8 Å². The van der Waals surface area contributed by atoms with Crippen LogP contribution in [0.1, 0.15) is 12.0 Å². The standard InChI is InChI=1S/C18H23N3O3/c1-19(12-14-5-3-2-4-6-14)17(23)15-11-16(15)18(24)21-9-7-20(13-22)8-10-21/h2-6,13,15-16H,7-12H2,1H3. The molecule has 0 N–H and O–H groups in total. The lowest BCUT2D eigenvalue weighted by Crippen LogP contribution is -2.48. The van der Waals surface area contributed by atoms with E-state index in [1.54, 1.807) is 21.7 Å². The Morgan fingerprint density at radius 3 is 2.42 bits per heavy atom. The van der Waals surface area contributed by atoms with Crippen molar-refractivity contribution in [3.63, 3.8) is 0 Å². The summed E-state index contributed by atoms with van der Waals surface area (Å²) in [6.45, 7) is 2.85. The number of rotatable bonds is 5. The van der Waals surface area contributed by atoms with Crippen LogP contribution in [0.25, 0.3) is 0 Å². The lowest BCUT2D eigenvalue weighted by Gasteiger charge is -2.32. The van der Waals surface area contributed by atoms with Crippen LogP contribution < -0.4 is 0 Å². The number of carbonyl (C=O) groups is 3. The summed E-state index contributed by atoms with van der Waals surface area (Å²) in [6.07, 6.45) is 1.47. The van der Waals surface area contributed by atoms with Crippen LogP contribution >= 0.6 is 0 Å². The van der Waals surface area contributed by atoms with E-state index in [-0.39, 0.29) is 23.7 Å². The Morgan fingerprint density at radius 2 is 1.79 bits per heavy atom. The quantitative estimate of drug-likeness (QED) is 0.743. The highest BCUT2D eigenvalue weighted by atomic mass is 16.2. The fourth-order valence-electron chi connectivity index (χ4n) is 3.24. The summed E-state index contributed by atoms with van der Waals surface area (Å²) in [6, 6.07) is 9.84. The van der Waals surface area contributed by atoms with Gasteiger partial charge in [-0.3, -0.25) is 14.4 Å². The van der Waals surface area contributed by atoms with Gasteiger partial charge in [0.1, 0.15) is 0 Å². The SMILES string of the molecule is CN(Cc1ccccc1)C(=O)C1CC1C(=O)N1CCN(C=O)CC1. The largest absolute Gasteiger partial charge is 0.342 e. The lowest BCUT2D eigenvalue weighted by molar-refractivity contribution is -0.139. The van der Waals surface area contributed by atoms with E-state index in [9.17, 15) is 14.4 Å². The number of piperazine rings is 1. The predicted molar refractivity (Wildman–Crippen MR) is 88.7 cm³/mol. The lowest BCUT2D eigenvalue weighted by atomic mass is 10.2. The highest BCUT2D eigenvalue weighted by molar-refractivity contribution is 5.92. The second kappa shape index (κ2) is 7.03. The van der Waals surface area contributed by atoms with Crippen LogP contribution in [-0.2, 0) is 20.9 Å². The molecule has 1 aromatic carbocycles. The van der Waals surface area contributed by atoms with Crippen molar-refractivity contribution in [2.45, 2.75) is 13.0 Å². The molecule has 1 aromatic rings. The molecule has 1 aliphatic heterocycles. The Bertz CT molecular complexity index is 611. The molecule has 2 atom stereocenters. The van der Waals surface area contributed by atoms with Gasteiger partial charge in [0.25, 0.3) is 0 Å². The Hall–Kier alpha value is -2.37. The minimum Gasteiger partial charge on any atom is -0.342 e. The van der Waals surface area contributed by atoms with Crippen molar-refractivity contribution in [2.24, 2.45) is 11.8 Å². The van der Waals surface area contributed by atoms with Crippen LogP contribution in [0.4, 0.5) is 0 Å².